The van der Waals surface area contributed by atoms with Crippen molar-refractivity contribution in [1.29, 1.82) is 0 Å². The van der Waals surface area contributed by atoms with Gasteiger partial charge in [-0.2, -0.15) is 0 Å². The molecule has 3 rings (SSSR count). The van der Waals surface area contributed by atoms with E-state index in [1.807, 2.05) is 24.3 Å². The van der Waals surface area contributed by atoms with E-state index in [4.69, 9.17) is 4.74 Å². The highest BCUT2D eigenvalue weighted by Crippen LogP contribution is 2.26. The Kier molecular flexibility index (Phi) is 4.57. The predicted octanol–water partition coefficient (Wildman–Crippen LogP) is 2.28. The maximum absolute atomic E-state index is 12.4. The van der Waals surface area contributed by atoms with E-state index in [-0.39, 0.29) is 11.8 Å². The molecule has 0 radical (unpaired) electrons. The van der Waals surface area contributed by atoms with Gasteiger partial charge in [0.2, 0.25) is 11.8 Å². The molecule has 1 atom stereocenters. The molecule has 0 bridgehead atoms. The lowest BCUT2D eigenvalue weighted by molar-refractivity contribution is -0.133. The number of hydrogen-bond donors (Lipinski definition) is 1. The number of methoxy groups -OCH3 is 1. The van der Waals surface area contributed by atoms with Crippen LogP contribution in [0.3, 0.4) is 0 Å². The Hall–Kier alpha value is -2.41. The van der Waals surface area contributed by atoms with Crippen molar-refractivity contribution in [2.45, 2.75) is 25.4 Å². The summed E-state index contributed by atoms with van der Waals surface area (Å²) < 4.78 is 5.32. The quantitative estimate of drug-likeness (QED) is 0.912. The van der Waals surface area contributed by atoms with Gasteiger partial charge in [-0.15, -0.1) is 11.3 Å². The third kappa shape index (κ3) is 3.34. The maximum Gasteiger partial charge on any atom is 0.248 e. The fourth-order valence-electron chi connectivity index (χ4n) is 2.70. The smallest absolute Gasteiger partial charge is 0.248 e. The van der Waals surface area contributed by atoms with Gasteiger partial charge in [0, 0.05) is 23.6 Å². The Morgan fingerprint density at radius 3 is 3.04 bits per heavy atom. The van der Waals surface area contributed by atoms with Crippen LogP contribution in [0.25, 0.3) is 0 Å². The van der Waals surface area contributed by atoms with Crippen LogP contribution in [0.5, 0.6) is 5.75 Å². The molecule has 1 aliphatic heterocycles. The summed E-state index contributed by atoms with van der Waals surface area (Å²) in [4.78, 5) is 30.3. The predicted molar refractivity (Wildman–Crippen MR) is 87.3 cm³/mol. The van der Waals surface area contributed by atoms with Crippen LogP contribution in [-0.4, -0.2) is 34.8 Å². The number of hydrogen-bond acceptors (Lipinski definition) is 5. The summed E-state index contributed by atoms with van der Waals surface area (Å²) in [6.07, 6.45) is 2.53. The fourth-order valence-corrected chi connectivity index (χ4v) is 3.23. The second-order valence-corrected chi connectivity index (χ2v) is 6.11. The van der Waals surface area contributed by atoms with Crippen molar-refractivity contribution in [1.82, 2.24) is 9.88 Å². The summed E-state index contributed by atoms with van der Waals surface area (Å²) in [5, 5.41) is 5.11. The summed E-state index contributed by atoms with van der Waals surface area (Å²) >= 11 is 1.36. The number of carbonyl (C=O) groups excluding carboxylic acids is 2. The zero-order valence-corrected chi connectivity index (χ0v) is 13.5. The van der Waals surface area contributed by atoms with Crippen molar-refractivity contribution in [3.63, 3.8) is 0 Å². The van der Waals surface area contributed by atoms with Crippen molar-refractivity contribution in [2.75, 3.05) is 12.4 Å². The lowest BCUT2D eigenvalue weighted by atomic mass is 10.1. The maximum atomic E-state index is 12.4. The van der Waals surface area contributed by atoms with E-state index >= 15 is 0 Å². The number of amides is 2. The number of anilines is 1. The number of rotatable bonds is 5. The topological polar surface area (TPSA) is 71.5 Å². The highest BCUT2D eigenvalue weighted by atomic mass is 32.1. The third-order valence-corrected chi connectivity index (χ3v) is 4.52. The number of aromatic nitrogens is 1. The molecule has 0 aliphatic carbocycles. The zero-order valence-electron chi connectivity index (χ0n) is 12.7. The van der Waals surface area contributed by atoms with Crippen LogP contribution in [0.2, 0.25) is 0 Å². The number of carbonyl (C=O) groups is 2. The Morgan fingerprint density at radius 1 is 1.48 bits per heavy atom. The summed E-state index contributed by atoms with van der Waals surface area (Å²) in [6, 6.07) is 7.04. The van der Waals surface area contributed by atoms with E-state index in [1.165, 1.54) is 11.3 Å². The van der Waals surface area contributed by atoms with E-state index in [9.17, 15) is 9.59 Å². The van der Waals surface area contributed by atoms with Gasteiger partial charge in [-0.25, -0.2) is 4.98 Å². The summed E-state index contributed by atoms with van der Waals surface area (Å²) in [7, 11) is 1.59. The first-order chi connectivity index (χ1) is 11.2. The van der Waals surface area contributed by atoms with Crippen molar-refractivity contribution in [3.8, 4) is 5.75 Å². The van der Waals surface area contributed by atoms with Gasteiger partial charge in [0.15, 0.2) is 5.13 Å². The SMILES string of the molecule is COc1ccccc1CN1C(=O)CC[C@H]1C(=O)Nc1nccs1. The number of likely N-dealkylation sites (tertiary alicyclic amines) is 1. The van der Waals surface area contributed by atoms with Crippen LogP contribution in [-0.2, 0) is 16.1 Å². The Bertz CT molecular complexity index is 702. The average molecular weight is 331 g/mol. The molecule has 2 amide bonds. The van der Waals surface area contributed by atoms with Gasteiger partial charge in [0.1, 0.15) is 11.8 Å². The van der Waals surface area contributed by atoms with Crippen molar-refractivity contribution in [3.05, 3.63) is 41.4 Å². The van der Waals surface area contributed by atoms with Crippen LogP contribution >= 0.6 is 11.3 Å². The van der Waals surface area contributed by atoms with Gasteiger partial charge in [0.05, 0.1) is 13.7 Å². The van der Waals surface area contributed by atoms with E-state index in [2.05, 4.69) is 10.3 Å². The van der Waals surface area contributed by atoms with E-state index in [0.29, 0.717) is 30.3 Å². The van der Waals surface area contributed by atoms with E-state index < -0.39 is 6.04 Å². The first-order valence-corrected chi connectivity index (χ1v) is 8.18. The van der Waals surface area contributed by atoms with E-state index in [1.54, 1.807) is 23.6 Å². The normalized spacial score (nSPS) is 17.3. The summed E-state index contributed by atoms with van der Waals surface area (Å²) in [5.74, 6) is 0.502. The number of nitrogens with one attached hydrogen (secondary N) is 1. The Balaban J connectivity index is 1.76. The van der Waals surface area contributed by atoms with Crippen LogP contribution in [0.15, 0.2) is 35.8 Å². The molecule has 120 valence electrons. The second-order valence-electron chi connectivity index (χ2n) is 5.21. The van der Waals surface area contributed by atoms with Crippen molar-refractivity contribution < 1.29 is 14.3 Å². The number of para-hydroxylation sites is 1. The minimum atomic E-state index is -0.476. The molecule has 1 aliphatic rings. The molecular weight excluding hydrogens is 314 g/mol. The summed E-state index contributed by atoms with van der Waals surface area (Å²) in [5.41, 5.74) is 0.886. The van der Waals surface area contributed by atoms with Crippen LogP contribution in [0.4, 0.5) is 5.13 Å². The zero-order chi connectivity index (χ0) is 16.2. The van der Waals surface area contributed by atoms with E-state index in [0.717, 1.165) is 5.56 Å². The second kappa shape index (κ2) is 6.78. The summed E-state index contributed by atoms with van der Waals surface area (Å²) in [6.45, 7) is 0.360. The van der Waals surface area contributed by atoms with Crippen molar-refractivity contribution in [2.24, 2.45) is 0 Å². The minimum absolute atomic E-state index is 0.0183. The molecule has 1 saturated heterocycles. The monoisotopic (exact) mass is 331 g/mol. The minimum Gasteiger partial charge on any atom is -0.496 e. The molecule has 23 heavy (non-hydrogen) atoms. The molecule has 7 heteroatoms. The van der Waals surface area contributed by atoms with Crippen LogP contribution in [0.1, 0.15) is 18.4 Å². The standard InChI is InChI=1S/C16H17N3O3S/c1-22-13-5-3-2-4-11(13)10-19-12(6-7-14(19)20)15(21)18-16-17-8-9-23-16/h2-5,8-9,12H,6-7,10H2,1H3,(H,17,18,21)/t12-/m0/s1. The van der Waals surface area contributed by atoms with Gasteiger partial charge < -0.3 is 15.0 Å². The number of thiazole rings is 1. The molecule has 1 N–H and O–H groups in total. The molecule has 6 nitrogen and oxygen atoms in total. The van der Waals surface area contributed by atoms with Crippen LogP contribution < -0.4 is 10.1 Å². The molecule has 2 aromatic rings. The molecule has 0 unspecified atom stereocenters. The van der Waals surface area contributed by atoms with Gasteiger partial charge in [-0.1, -0.05) is 18.2 Å². The number of benzene rings is 1. The third-order valence-electron chi connectivity index (χ3n) is 3.83. The first kappa shape index (κ1) is 15.5. The molecule has 0 saturated carbocycles. The largest absolute Gasteiger partial charge is 0.496 e. The lowest BCUT2D eigenvalue weighted by Crippen LogP contribution is -2.41. The van der Waals surface area contributed by atoms with Gasteiger partial charge in [-0.3, -0.25) is 9.59 Å². The number of nitrogens with zero attached hydrogens (tertiary/aromatic N) is 2. The molecule has 1 aromatic carbocycles. The Labute approximate surface area is 138 Å². The highest BCUT2D eigenvalue weighted by molar-refractivity contribution is 7.13. The average Bonchev–Trinajstić information content (AvgIpc) is 3.18. The van der Waals surface area contributed by atoms with Gasteiger partial charge in [0.25, 0.3) is 0 Å². The molecule has 0 spiro atoms. The highest BCUT2D eigenvalue weighted by Gasteiger charge is 2.36. The van der Waals surface area contributed by atoms with Gasteiger partial charge >= 0.3 is 0 Å². The molecule has 1 aromatic heterocycles. The molecule has 2 heterocycles. The molecule has 1 fully saturated rings. The molecular formula is C16H17N3O3S. The van der Waals surface area contributed by atoms with Gasteiger partial charge in [-0.05, 0) is 12.5 Å². The number of ether oxygens (including phenoxy) is 1. The Morgan fingerprint density at radius 2 is 2.30 bits per heavy atom. The lowest BCUT2D eigenvalue weighted by Gasteiger charge is -2.24. The fraction of sp³-hybridized carbons (Fsp3) is 0.312. The first-order valence-electron chi connectivity index (χ1n) is 7.31. The van der Waals surface area contributed by atoms with Crippen molar-refractivity contribution >= 4 is 28.3 Å². The van der Waals surface area contributed by atoms with Crippen LogP contribution in [0, 0.1) is 0 Å².